The quantitative estimate of drug-likeness (QED) is 0.808. The third-order valence-electron chi connectivity index (χ3n) is 3.26. The number of aromatic hydroxyl groups is 1. The van der Waals surface area contributed by atoms with Crippen LogP contribution in [-0.2, 0) is 14.3 Å². The van der Waals surface area contributed by atoms with Gasteiger partial charge in [-0.2, -0.15) is 4.98 Å². The molecule has 1 aliphatic heterocycles. The molecule has 0 aromatic carbocycles. The van der Waals surface area contributed by atoms with Crippen molar-refractivity contribution in [3.8, 4) is 5.88 Å². The standard InChI is InChI=1S/C12H14N4O5/c17-9(18)4-20-3-7-1-2-8(21-7)16-6-15-10-11(16)13-5-14-12(10)19/h5-8H,1-4H2,(H,17,18)(H,13,14,19)/t7-,8+/m0/s1. The van der Waals surface area contributed by atoms with E-state index in [2.05, 4.69) is 15.0 Å². The smallest absolute Gasteiger partial charge is 0.329 e. The Morgan fingerprint density at radius 3 is 3.10 bits per heavy atom. The largest absolute Gasteiger partial charge is 0.492 e. The van der Waals surface area contributed by atoms with E-state index in [1.54, 1.807) is 10.9 Å². The van der Waals surface area contributed by atoms with Crippen molar-refractivity contribution >= 4 is 17.1 Å². The number of fused-ring (bicyclic) bond motifs is 1. The van der Waals surface area contributed by atoms with Gasteiger partial charge in [0.05, 0.1) is 19.0 Å². The molecule has 1 aliphatic rings. The summed E-state index contributed by atoms with van der Waals surface area (Å²) in [6, 6.07) is 0. The number of aromatic nitrogens is 4. The number of carbonyl (C=O) groups is 1. The summed E-state index contributed by atoms with van der Waals surface area (Å²) in [5, 5.41) is 18.1. The Labute approximate surface area is 119 Å². The minimum atomic E-state index is -1.00. The van der Waals surface area contributed by atoms with Gasteiger partial charge in [0, 0.05) is 0 Å². The molecule has 2 N–H and O–H groups in total. The van der Waals surface area contributed by atoms with E-state index < -0.39 is 5.97 Å². The van der Waals surface area contributed by atoms with Gasteiger partial charge >= 0.3 is 5.97 Å². The van der Waals surface area contributed by atoms with Gasteiger partial charge in [-0.05, 0) is 12.8 Å². The van der Waals surface area contributed by atoms with E-state index in [9.17, 15) is 9.90 Å². The zero-order valence-electron chi connectivity index (χ0n) is 11.0. The molecule has 0 bridgehead atoms. The second-order valence-electron chi connectivity index (χ2n) is 4.72. The van der Waals surface area contributed by atoms with E-state index in [1.165, 1.54) is 6.33 Å². The molecule has 9 heteroatoms. The van der Waals surface area contributed by atoms with Gasteiger partial charge in [-0.1, -0.05) is 0 Å². The fourth-order valence-corrected chi connectivity index (χ4v) is 2.34. The third-order valence-corrected chi connectivity index (χ3v) is 3.26. The highest BCUT2D eigenvalue weighted by Crippen LogP contribution is 2.31. The summed E-state index contributed by atoms with van der Waals surface area (Å²) in [6.45, 7) is -0.102. The molecule has 3 rings (SSSR count). The molecule has 1 fully saturated rings. The second-order valence-corrected chi connectivity index (χ2v) is 4.72. The molecule has 0 amide bonds. The zero-order valence-corrected chi connectivity index (χ0v) is 11.0. The zero-order chi connectivity index (χ0) is 14.8. The Balaban J connectivity index is 1.68. The highest BCUT2D eigenvalue weighted by atomic mass is 16.6. The average molecular weight is 294 g/mol. The van der Waals surface area contributed by atoms with Crippen LogP contribution in [0.25, 0.3) is 11.2 Å². The van der Waals surface area contributed by atoms with E-state index in [0.29, 0.717) is 11.2 Å². The van der Waals surface area contributed by atoms with Crippen molar-refractivity contribution < 1.29 is 24.5 Å². The van der Waals surface area contributed by atoms with Crippen LogP contribution in [0.15, 0.2) is 12.7 Å². The minimum absolute atomic E-state index is 0.165. The summed E-state index contributed by atoms with van der Waals surface area (Å²) >= 11 is 0. The lowest BCUT2D eigenvalue weighted by atomic mass is 10.2. The van der Waals surface area contributed by atoms with Crippen LogP contribution in [0.3, 0.4) is 0 Å². The van der Waals surface area contributed by atoms with Crippen molar-refractivity contribution in [3.05, 3.63) is 12.7 Å². The second kappa shape index (κ2) is 5.62. The fourth-order valence-electron chi connectivity index (χ4n) is 2.34. The van der Waals surface area contributed by atoms with E-state index in [1.807, 2.05) is 0 Å². The Morgan fingerprint density at radius 1 is 1.43 bits per heavy atom. The van der Waals surface area contributed by atoms with Gasteiger partial charge in [-0.15, -0.1) is 0 Å². The first-order valence-corrected chi connectivity index (χ1v) is 6.46. The Kier molecular flexibility index (Phi) is 3.67. The van der Waals surface area contributed by atoms with Crippen molar-refractivity contribution in [2.24, 2.45) is 0 Å². The van der Waals surface area contributed by atoms with Gasteiger partial charge in [0.1, 0.15) is 19.2 Å². The molecule has 21 heavy (non-hydrogen) atoms. The summed E-state index contributed by atoms with van der Waals surface area (Å²) < 4.78 is 12.6. The number of ether oxygens (including phenoxy) is 2. The first kappa shape index (κ1) is 13.7. The van der Waals surface area contributed by atoms with E-state index in [4.69, 9.17) is 14.6 Å². The van der Waals surface area contributed by atoms with Crippen molar-refractivity contribution in [1.29, 1.82) is 0 Å². The van der Waals surface area contributed by atoms with Crippen LogP contribution in [0.2, 0.25) is 0 Å². The van der Waals surface area contributed by atoms with Crippen molar-refractivity contribution in [2.75, 3.05) is 13.2 Å². The van der Waals surface area contributed by atoms with E-state index >= 15 is 0 Å². The number of aliphatic carboxylic acids is 1. The Morgan fingerprint density at radius 2 is 2.29 bits per heavy atom. The van der Waals surface area contributed by atoms with Crippen LogP contribution in [0.5, 0.6) is 5.88 Å². The molecular formula is C12H14N4O5. The number of imidazole rings is 1. The predicted octanol–water partition coefficient (Wildman–Crippen LogP) is 0.311. The molecule has 112 valence electrons. The van der Waals surface area contributed by atoms with E-state index in [0.717, 1.165) is 12.8 Å². The molecule has 0 spiro atoms. The van der Waals surface area contributed by atoms with Crippen LogP contribution in [0.4, 0.5) is 0 Å². The minimum Gasteiger partial charge on any atom is -0.492 e. The molecular weight excluding hydrogens is 280 g/mol. The summed E-state index contributed by atoms with van der Waals surface area (Å²) in [6.07, 6.45) is 3.87. The van der Waals surface area contributed by atoms with Crippen LogP contribution in [0, 0.1) is 0 Å². The maximum absolute atomic E-state index is 10.4. The highest BCUT2D eigenvalue weighted by molar-refractivity contribution is 5.75. The van der Waals surface area contributed by atoms with Gasteiger partial charge in [0.2, 0.25) is 5.88 Å². The SMILES string of the molecule is O=C(O)COC[C@@H]1CC[C@H](n2cnc3c(O)ncnc32)O1. The molecule has 9 nitrogen and oxygen atoms in total. The number of hydrogen-bond donors (Lipinski definition) is 2. The van der Waals surface area contributed by atoms with Crippen molar-refractivity contribution in [1.82, 2.24) is 19.5 Å². The average Bonchev–Trinajstić information content (AvgIpc) is 3.05. The lowest BCUT2D eigenvalue weighted by Gasteiger charge is -2.15. The topological polar surface area (TPSA) is 120 Å². The van der Waals surface area contributed by atoms with Gasteiger partial charge < -0.3 is 19.7 Å². The maximum Gasteiger partial charge on any atom is 0.329 e. The van der Waals surface area contributed by atoms with Gasteiger partial charge in [0.15, 0.2) is 11.2 Å². The number of nitrogens with zero attached hydrogens (tertiary/aromatic N) is 4. The van der Waals surface area contributed by atoms with Gasteiger partial charge in [-0.3, -0.25) is 4.57 Å². The monoisotopic (exact) mass is 294 g/mol. The molecule has 2 aromatic heterocycles. The van der Waals surface area contributed by atoms with Crippen LogP contribution >= 0.6 is 0 Å². The van der Waals surface area contributed by atoms with Crippen LogP contribution < -0.4 is 0 Å². The lowest BCUT2D eigenvalue weighted by molar-refractivity contribution is -0.143. The van der Waals surface area contributed by atoms with E-state index in [-0.39, 0.29) is 31.4 Å². The van der Waals surface area contributed by atoms with Crippen molar-refractivity contribution in [3.63, 3.8) is 0 Å². The van der Waals surface area contributed by atoms with Gasteiger partial charge in [0.25, 0.3) is 0 Å². The molecule has 2 atom stereocenters. The molecule has 3 heterocycles. The molecule has 2 aromatic rings. The molecule has 0 radical (unpaired) electrons. The predicted molar refractivity (Wildman–Crippen MR) is 68.6 cm³/mol. The number of carboxylic acids is 1. The first-order chi connectivity index (χ1) is 10.1. The summed E-state index contributed by atoms with van der Waals surface area (Å²) in [7, 11) is 0. The summed E-state index contributed by atoms with van der Waals surface area (Å²) in [5.74, 6) is -1.17. The third kappa shape index (κ3) is 2.78. The molecule has 0 aliphatic carbocycles. The highest BCUT2D eigenvalue weighted by Gasteiger charge is 2.28. The van der Waals surface area contributed by atoms with Crippen LogP contribution in [0.1, 0.15) is 19.1 Å². The van der Waals surface area contributed by atoms with Crippen LogP contribution in [-0.4, -0.2) is 55.0 Å². The Bertz CT molecular complexity index is 658. The van der Waals surface area contributed by atoms with Crippen molar-refractivity contribution in [2.45, 2.75) is 25.2 Å². The Hall–Kier alpha value is -2.26. The first-order valence-electron chi connectivity index (χ1n) is 6.46. The fraction of sp³-hybridized carbons (Fsp3) is 0.500. The molecule has 0 saturated carbocycles. The van der Waals surface area contributed by atoms with Gasteiger partial charge in [-0.25, -0.2) is 14.8 Å². The summed E-state index contributed by atoms with van der Waals surface area (Å²) in [4.78, 5) is 22.2. The lowest BCUT2D eigenvalue weighted by Crippen LogP contribution is -2.19. The number of carboxylic acid groups (broad SMARTS) is 1. The molecule has 0 unspecified atom stereocenters. The summed E-state index contributed by atoms with van der Waals surface area (Å²) in [5.41, 5.74) is 0.825. The normalized spacial score (nSPS) is 21.9. The number of hydrogen-bond acceptors (Lipinski definition) is 7. The molecule has 1 saturated heterocycles. The maximum atomic E-state index is 10.4. The number of rotatable bonds is 5.